The fourth-order valence-electron chi connectivity index (χ4n) is 3.27. The fourth-order valence-corrected chi connectivity index (χ4v) is 3.63. The molecule has 0 spiro atoms. The van der Waals surface area contributed by atoms with Crippen molar-refractivity contribution in [3.63, 3.8) is 0 Å². The van der Waals surface area contributed by atoms with Gasteiger partial charge >= 0.3 is 5.97 Å². The van der Waals surface area contributed by atoms with Crippen molar-refractivity contribution in [1.82, 2.24) is 0 Å². The number of hydrogen-bond acceptors (Lipinski definition) is 2. The van der Waals surface area contributed by atoms with Crippen molar-refractivity contribution >= 4 is 21.9 Å². The number of hydrogen-bond donors (Lipinski definition) is 1. The lowest BCUT2D eigenvalue weighted by Gasteiger charge is -2.23. The maximum atomic E-state index is 11.2. The first-order valence-electron chi connectivity index (χ1n) is 6.33. The summed E-state index contributed by atoms with van der Waals surface area (Å²) >= 11 is 3.29. The number of carbonyl (C=O) groups is 1. The van der Waals surface area contributed by atoms with Crippen LogP contribution in [-0.2, 0) is 0 Å². The van der Waals surface area contributed by atoms with Crippen LogP contribution in [0.15, 0.2) is 22.7 Å². The Hall–Kier alpha value is -1.03. The molecule has 3 atom stereocenters. The lowest BCUT2D eigenvalue weighted by molar-refractivity contribution is 0.0683. The van der Waals surface area contributed by atoms with Gasteiger partial charge < -0.3 is 9.84 Å². The quantitative estimate of drug-likeness (QED) is 0.925. The van der Waals surface area contributed by atoms with E-state index in [1.54, 1.807) is 12.1 Å². The van der Waals surface area contributed by atoms with E-state index < -0.39 is 5.97 Å². The summed E-state index contributed by atoms with van der Waals surface area (Å²) in [6, 6.07) is 5.18. The van der Waals surface area contributed by atoms with Crippen molar-refractivity contribution in [2.75, 3.05) is 0 Å². The number of rotatable bonds is 3. The zero-order chi connectivity index (χ0) is 12.7. The molecule has 0 aromatic heterocycles. The van der Waals surface area contributed by atoms with Gasteiger partial charge in [-0.3, -0.25) is 0 Å². The highest BCUT2D eigenvalue weighted by Crippen LogP contribution is 2.46. The summed E-state index contributed by atoms with van der Waals surface area (Å²) in [6.45, 7) is 0. The second-order valence-corrected chi connectivity index (χ2v) is 6.19. The molecule has 3 unspecified atom stereocenters. The van der Waals surface area contributed by atoms with Crippen LogP contribution in [0.3, 0.4) is 0 Å². The highest BCUT2D eigenvalue weighted by Gasteiger charge is 2.41. The molecule has 2 aliphatic carbocycles. The third kappa shape index (κ3) is 2.14. The minimum absolute atomic E-state index is 0.211. The molecule has 1 aromatic rings. The van der Waals surface area contributed by atoms with E-state index in [0.717, 1.165) is 16.8 Å². The molecule has 1 N–H and O–H groups in total. The molecule has 4 heteroatoms. The molecule has 0 radical (unpaired) electrons. The van der Waals surface area contributed by atoms with Gasteiger partial charge in [0.2, 0.25) is 0 Å². The summed E-state index contributed by atoms with van der Waals surface area (Å²) in [6.07, 6.45) is 5.09. The van der Waals surface area contributed by atoms with Gasteiger partial charge in [0.15, 0.2) is 0 Å². The predicted octanol–water partition coefficient (Wildman–Crippen LogP) is 3.71. The molecule has 0 saturated heterocycles. The standard InChI is InChI=1S/C14H15BrO3/c15-10-3-4-12(11(7-10)14(16)17)18-13-6-8-1-2-9(13)5-8/h3-4,7-9,13H,1-2,5-6H2,(H,16,17). The minimum Gasteiger partial charge on any atom is -0.489 e. The van der Waals surface area contributed by atoms with Crippen molar-refractivity contribution in [1.29, 1.82) is 0 Å². The van der Waals surface area contributed by atoms with Gasteiger partial charge in [0.25, 0.3) is 0 Å². The first-order chi connectivity index (χ1) is 8.63. The summed E-state index contributed by atoms with van der Waals surface area (Å²) in [7, 11) is 0. The van der Waals surface area contributed by atoms with Crippen LogP contribution in [0.1, 0.15) is 36.0 Å². The van der Waals surface area contributed by atoms with E-state index >= 15 is 0 Å². The summed E-state index contributed by atoms with van der Waals surface area (Å²) in [5, 5.41) is 9.20. The van der Waals surface area contributed by atoms with Gasteiger partial charge in [-0.05, 0) is 55.7 Å². The normalized spacial score (nSPS) is 29.5. The smallest absolute Gasteiger partial charge is 0.339 e. The van der Waals surface area contributed by atoms with E-state index in [1.807, 2.05) is 6.07 Å². The zero-order valence-corrected chi connectivity index (χ0v) is 11.5. The zero-order valence-electron chi connectivity index (χ0n) is 9.93. The summed E-state index contributed by atoms with van der Waals surface area (Å²) in [4.78, 5) is 11.2. The van der Waals surface area contributed by atoms with Crippen molar-refractivity contribution in [3.05, 3.63) is 28.2 Å². The third-order valence-corrected chi connectivity index (χ3v) is 4.62. The molecule has 18 heavy (non-hydrogen) atoms. The average Bonchev–Trinajstić information content (AvgIpc) is 2.93. The third-order valence-electron chi connectivity index (χ3n) is 4.12. The summed E-state index contributed by atoms with van der Waals surface area (Å²) in [5.41, 5.74) is 0.243. The SMILES string of the molecule is O=C(O)c1cc(Br)ccc1OC1CC2CCC1C2. The number of carboxylic acid groups (broad SMARTS) is 1. The van der Waals surface area contributed by atoms with Crippen LogP contribution in [0.4, 0.5) is 0 Å². The number of ether oxygens (including phenoxy) is 1. The Labute approximate surface area is 114 Å². The Morgan fingerprint density at radius 3 is 2.78 bits per heavy atom. The highest BCUT2D eigenvalue weighted by molar-refractivity contribution is 9.10. The first-order valence-corrected chi connectivity index (χ1v) is 7.12. The fraction of sp³-hybridized carbons (Fsp3) is 0.500. The van der Waals surface area contributed by atoms with Crippen molar-refractivity contribution in [3.8, 4) is 5.75 Å². The Bertz CT molecular complexity index is 486. The molecule has 1 aromatic carbocycles. The first kappa shape index (κ1) is 12.0. The van der Waals surface area contributed by atoms with Crippen molar-refractivity contribution in [2.45, 2.75) is 31.8 Å². The van der Waals surface area contributed by atoms with Crippen LogP contribution < -0.4 is 4.74 Å². The summed E-state index contributed by atoms with van der Waals surface area (Å²) < 4.78 is 6.72. The Kier molecular flexibility index (Phi) is 3.06. The maximum Gasteiger partial charge on any atom is 0.339 e. The Balaban J connectivity index is 1.82. The van der Waals surface area contributed by atoms with Gasteiger partial charge in [-0.2, -0.15) is 0 Å². The van der Waals surface area contributed by atoms with Gasteiger partial charge in [0.1, 0.15) is 17.4 Å². The molecule has 0 aliphatic heterocycles. The highest BCUT2D eigenvalue weighted by atomic mass is 79.9. The number of aromatic carboxylic acids is 1. The van der Waals surface area contributed by atoms with Crippen molar-refractivity contribution in [2.24, 2.45) is 11.8 Å². The monoisotopic (exact) mass is 310 g/mol. The molecule has 2 saturated carbocycles. The van der Waals surface area contributed by atoms with Gasteiger partial charge in [0, 0.05) is 4.47 Å². The molecular weight excluding hydrogens is 296 g/mol. The topological polar surface area (TPSA) is 46.5 Å². The van der Waals surface area contributed by atoms with E-state index in [2.05, 4.69) is 15.9 Å². The van der Waals surface area contributed by atoms with Crippen molar-refractivity contribution < 1.29 is 14.6 Å². The van der Waals surface area contributed by atoms with E-state index in [0.29, 0.717) is 11.7 Å². The van der Waals surface area contributed by atoms with Crippen LogP contribution >= 0.6 is 15.9 Å². The number of halogens is 1. The van der Waals surface area contributed by atoms with Gasteiger partial charge in [-0.25, -0.2) is 4.79 Å². The molecule has 2 fully saturated rings. The number of benzene rings is 1. The number of carboxylic acids is 1. The maximum absolute atomic E-state index is 11.2. The van der Waals surface area contributed by atoms with Crippen LogP contribution in [0.25, 0.3) is 0 Å². The molecule has 2 aliphatic rings. The minimum atomic E-state index is -0.936. The van der Waals surface area contributed by atoms with E-state index in [1.165, 1.54) is 19.3 Å². The molecule has 3 rings (SSSR count). The van der Waals surface area contributed by atoms with E-state index in [9.17, 15) is 9.90 Å². The van der Waals surface area contributed by atoms with E-state index in [4.69, 9.17) is 4.74 Å². The number of fused-ring (bicyclic) bond motifs is 2. The second-order valence-electron chi connectivity index (χ2n) is 5.28. The Morgan fingerprint density at radius 1 is 1.33 bits per heavy atom. The second kappa shape index (κ2) is 4.57. The lowest BCUT2D eigenvalue weighted by atomic mass is 9.97. The van der Waals surface area contributed by atoms with Gasteiger partial charge in [0.05, 0.1) is 0 Å². The summed E-state index contributed by atoms with van der Waals surface area (Å²) in [5.74, 6) is 0.988. The lowest BCUT2D eigenvalue weighted by Crippen LogP contribution is -2.24. The predicted molar refractivity (Wildman–Crippen MR) is 71.0 cm³/mol. The molecule has 2 bridgehead atoms. The average molecular weight is 311 g/mol. The Morgan fingerprint density at radius 2 is 2.17 bits per heavy atom. The van der Waals surface area contributed by atoms with Crippen LogP contribution in [0.5, 0.6) is 5.75 Å². The van der Waals surface area contributed by atoms with Gasteiger partial charge in [-0.15, -0.1) is 0 Å². The van der Waals surface area contributed by atoms with E-state index in [-0.39, 0.29) is 11.7 Å². The molecule has 3 nitrogen and oxygen atoms in total. The van der Waals surface area contributed by atoms with Gasteiger partial charge in [-0.1, -0.05) is 15.9 Å². The molecular formula is C14H15BrO3. The van der Waals surface area contributed by atoms with Crippen LogP contribution in [0, 0.1) is 11.8 Å². The molecule has 96 valence electrons. The largest absolute Gasteiger partial charge is 0.489 e. The van der Waals surface area contributed by atoms with Crippen LogP contribution in [-0.4, -0.2) is 17.2 Å². The molecule has 0 heterocycles. The molecule has 0 amide bonds. The van der Waals surface area contributed by atoms with Crippen LogP contribution in [0.2, 0.25) is 0 Å².